The van der Waals surface area contributed by atoms with Crippen molar-refractivity contribution in [2.24, 2.45) is 0 Å². The average molecular weight is 285 g/mol. The van der Waals surface area contributed by atoms with E-state index in [1.807, 2.05) is 28.1 Å². The lowest BCUT2D eigenvalue weighted by atomic mass is 10.2. The third kappa shape index (κ3) is 8.99. The summed E-state index contributed by atoms with van der Waals surface area (Å²) in [5, 5.41) is 17.6. The third-order valence-corrected chi connectivity index (χ3v) is 3.14. The molecule has 8 heteroatoms. The van der Waals surface area contributed by atoms with Gasteiger partial charge in [0.25, 0.3) is 7.82 Å². The van der Waals surface area contributed by atoms with Crippen molar-refractivity contribution in [3.63, 3.8) is 0 Å². The van der Waals surface area contributed by atoms with Gasteiger partial charge in [-0.2, -0.15) is 0 Å². The molecular weight excluding hydrogens is 261 g/mol. The van der Waals surface area contributed by atoms with Crippen LogP contribution in [0.25, 0.3) is 0 Å². The first-order chi connectivity index (χ1) is 8.09. The molecule has 7 nitrogen and oxygen atoms in total. The fraction of sp³-hybridized carbons (Fsp3) is 1.00. The molecule has 0 aromatic heterocycles. The molecule has 0 heterocycles. The van der Waals surface area contributed by atoms with Crippen molar-refractivity contribution in [2.45, 2.75) is 25.6 Å². The zero-order chi connectivity index (χ0) is 14.4. The summed E-state index contributed by atoms with van der Waals surface area (Å²) in [6, 6.07) is 0. The molecule has 0 fully saturated rings. The van der Waals surface area contributed by atoms with E-state index in [4.69, 9.17) is 14.7 Å². The number of hydrogen-bond acceptors (Lipinski definition) is 6. The predicted octanol–water partition coefficient (Wildman–Crippen LogP) is -0.674. The Hall–Kier alpha value is -0.0100. The van der Waals surface area contributed by atoms with Crippen molar-refractivity contribution < 1.29 is 33.2 Å². The standard InChI is InChI=1S/C10H24NO6P/c1-5-10(6-11(2,3)4)17-18(14,15)16-8-9(13)7-12/h9-10,12-13H,5-8H2,1-4H3/t9-,10?/m1/s1. The maximum absolute atomic E-state index is 11.5. The molecule has 110 valence electrons. The summed E-state index contributed by atoms with van der Waals surface area (Å²) in [4.78, 5) is 11.5. The topological polar surface area (TPSA) is 99.1 Å². The monoisotopic (exact) mass is 285 g/mol. The second-order valence-corrected chi connectivity index (χ2v) is 6.55. The summed E-state index contributed by atoms with van der Waals surface area (Å²) in [5.74, 6) is 0. The van der Waals surface area contributed by atoms with E-state index < -0.39 is 33.2 Å². The van der Waals surface area contributed by atoms with E-state index in [1.54, 1.807) is 0 Å². The number of phosphoric ester groups is 1. The minimum Gasteiger partial charge on any atom is -0.756 e. The van der Waals surface area contributed by atoms with Crippen LogP contribution in [0.1, 0.15) is 13.3 Å². The zero-order valence-corrected chi connectivity index (χ0v) is 12.3. The Bertz CT molecular complexity index is 280. The van der Waals surface area contributed by atoms with E-state index in [0.717, 1.165) is 0 Å². The summed E-state index contributed by atoms with van der Waals surface area (Å²) in [7, 11) is 1.34. The molecule has 0 aromatic rings. The van der Waals surface area contributed by atoms with E-state index >= 15 is 0 Å². The lowest BCUT2D eigenvalue weighted by molar-refractivity contribution is -0.873. The number of aliphatic hydroxyl groups is 2. The Balaban J connectivity index is 4.31. The molecule has 0 amide bonds. The number of quaternary nitrogens is 1. The Labute approximate surface area is 108 Å². The fourth-order valence-corrected chi connectivity index (χ4v) is 2.29. The van der Waals surface area contributed by atoms with Gasteiger partial charge in [-0.15, -0.1) is 0 Å². The highest BCUT2D eigenvalue weighted by atomic mass is 31.2. The average Bonchev–Trinajstić information content (AvgIpc) is 2.22. The molecule has 0 bridgehead atoms. The summed E-state index contributed by atoms with van der Waals surface area (Å²) in [5.41, 5.74) is 0. The van der Waals surface area contributed by atoms with Gasteiger partial charge in [0.15, 0.2) is 0 Å². The van der Waals surface area contributed by atoms with Gasteiger partial charge in [0, 0.05) is 0 Å². The molecular formula is C10H24NO6P. The van der Waals surface area contributed by atoms with E-state index in [-0.39, 0.29) is 0 Å². The fourth-order valence-electron chi connectivity index (χ4n) is 1.29. The van der Waals surface area contributed by atoms with E-state index in [0.29, 0.717) is 17.4 Å². The van der Waals surface area contributed by atoms with Crippen molar-refractivity contribution in [1.29, 1.82) is 0 Å². The maximum atomic E-state index is 11.5. The zero-order valence-electron chi connectivity index (χ0n) is 11.4. The second kappa shape index (κ2) is 7.55. The third-order valence-electron chi connectivity index (χ3n) is 2.12. The molecule has 2 unspecified atom stereocenters. The second-order valence-electron chi connectivity index (χ2n) is 5.19. The summed E-state index contributed by atoms with van der Waals surface area (Å²) in [6.45, 7) is 1.28. The molecule has 3 atom stereocenters. The molecule has 0 saturated heterocycles. The van der Waals surface area contributed by atoms with Crippen molar-refractivity contribution in [2.75, 3.05) is 40.9 Å². The molecule has 0 saturated carbocycles. The van der Waals surface area contributed by atoms with E-state index in [2.05, 4.69) is 4.52 Å². The van der Waals surface area contributed by atoms with Gasteiger partial charge in [0.05, 0.1) is 34.4 Å². The van der Waals surface area contributed by atoms with E-state index in [9.17, 15) is 9.46 Å². The van der Waals surface area contributed by atoms with Crippen LogP contribution in [0.3, 0.4) is 0 Å². The highest BCUT2D eigenvalue weighted by Gasteiger charge is 2.23. The Morgan fingerprint density at radius 3 is 2.33 bits per heavy atom. The number of rotatable bonds is 9. The maximum Gasteiger partial charge on any atom is 0.268 e. The van der Waals surface area contributed by atoms with E-state index in [1.165, 1.54) is 0 Å². The van der Waals surface area contributed by atoms with Crippen LogP contribution in [0.2, 0.25) is 0 Å². The van der Waals surface area contributed by atoms with Gasteiger partial charge in [-0.05, 0) is 6.42 Å². The smallest absolute Gasteiger partial charge is 0.268 e. The van der Waals surface area contributed by atoms with Crippen LogP contribution in [0.4, 0.5) is 0 Å². The number of likely N-dealkylation sites (N-methyl/N-ethyl adjacent to an activating group) is 1. The number of aliphatic hydroxyl groups excluding tert-OH is 2. The van der Waals surface area contributed by atoms with Crippen molar-refractivity contribution >= 4 is 7.82 Å². The molecule has 0 aromatic carbocycles. The van der Waals surface area contributed by atoms with Gasteiger partial charge < -0.3 is 28.6 Å². The molecule has 2 N–H and O–H groups in total. The highest BCUT2D eigenvalue weighted by Crippen LogP contribution is 2.40. The SMILES string of the molecule is CCC(C[N+](C)(C)C)OP(=O)([O-])OC[C@H](O)CO. The molecule has 0 aliphatic rings. The molecule has 0 radical (unpaired) electrons. The first-order valence-electron chi connectivity index (χ1n) is 5.83. The molecule has 0 spiro atoms. The van der Waals surface area contributed by atoms with Gasteiger partial charge in [0.1, 0.15) is 18.8 Å². The normalized spacial score (nSPS) is 19.3. The molecule has 0 aliphatic heterocycles. The van der Waals surface area contributed by atoms with Crippen LogP contribution in [-0.2, 0) is 13.6 Å². The first kappa shape index (κ1) is 18.0. The molecule has 0 aliphatic carbocycles. The van der Waals surface area contributed by atoms with Crippen molar-refractivity contribution in [3.8, 4) is 0 Å². The Morgan fingerprint density at radius 1 is 1.39 bits per heavy atom. The van der Waals surface area contributed by atoms with Crippen LogP contribution < -0.4 is 4.89 Å². The lowest BCUT2D eigenvalue weighted by Crippen LogP contribution is -2.42. The van der Waals surface area contributed by atoms with Gasteiger partial charge in [-0.25, -0.2) is 0 Å². The molecule has 0 rings (SSSR count). The summed E-state index contributed by atoms with van der Waals surface area (Å²) >= 11 is 0. The van der Waals surface area contributed by atoms with Crippen LogP contribution in [0, 0.1) is 0 Å². The number of phosphoric acid groups is 1. The number of nitrogens with zero attached hydrogens (tertiary/aromatic N) is 1. The van der Waals surface area contributed by atoms with Gasteiger partial charge in [0.2, 0.25) is 0 Å². The van der Waals surface area contributed by atoms with Crippen LogP contribution in [-0.4, -0.2) is 67.8 Å². The predicted molar refractivity (Wildman–Crippen MR) is 64.7 cm³/mol. The first-order valence-corrected chi connectivity index (χ1v) is 7.29. The largest absolute Gasteiger partial charge is 0.756 e. The molecule has 18 heavy (non-hydrogen) atoms. The minimum atomic E-state index is -4.45. The van der Waals surface area contributed by atoms with Crippen molar-refractivity contribution in [1.82, 2.24) is 0 Å². The number of hydrogen-bond donors (Lipinski definition) is 2. The van der Waals surface area contributed by atoms with Crippen LogP contribution in [0.15, 0.2) is 0 Å². The lowest BCUT2D eigenvalue weighted by Gasteiger charge is -2.32. The van der Waals surface area contributed by atoms with Crippen molar-refractivity contribution in [3.05, 3.63) is 0 Å². The summed E-state index contributed by atoms with van der Waals surface area (Å²) < 4.78 is 21.5. The highest BCUT2D eigenvalue weighted by molar-refractivity contribution is 7.45. The van der Waals surface area contributed by atoms with Gasteiger partial charge in [-0.3, -0.25) is 4.57 Å². The van der Waals surface area contributed by atoms with Gasteiger partial charge >= 0.3 is 0 Å². The minimum absolute atomic E-state index is 0.473. The van der Waals surface area contributed by atoms with Crippen LogP contribution in [0.5, 0.6) is 0 Å². The quantitative estimate of drug-likeness (QED) is 0.430. The summed E-state index contributed by atoms with van der Waals surface area (Å²) in [6.07, 6.45) is -1.16. The van der Waals surface area contributed by atoms with Gasteiger partial charge in [-0.1, -0.05) is 6.92 Å². The Kier molecular flexibility index (Phi) is 7.54. The Morgan fingerprint density at radius 2 is 1.94 bits per heavy atom. The van der Waals surface area contributed by atoms with Crippen LogP contribution >= 0.6 is 7.82 Å².